The maximum Gasteiger partial charge on any atom is 0.261 e. The molecule has 5 rings (SSSR count). The molecule has 0 aliphatic heterocycles. The summed E-state index contributed by atoms with van der Waals surface area (Å²) < 4.78 is 29.7. The number of aryl methyl sites for hydroxylation is 1. The Labute approximate surface area is 195 Å². The molecule has 3 aromatic heterocycles. The molecule has 0 bridgehead atoms. The molecule has 0 fully saturated rings. The lowest BCUT2D eigenvalue weighted by Gasteiger charge is -2.11. The summed E-state index contributed by atoms with van der Waals surface area (Å²) in [6.07, 6.45) is 6.89. The highest BCUT2D eigenvalue weighted by molar-refractivity contribution is 7.92. The normalized spacial score (nSPS) is 11.6. The fourth-order valence-electron chi connectivity index (χ4n) is 3.36. The number of aromatic nitrogens is 5. The van der Waals surface area contributed by atoms with Gasteiger partial charge >= 0.3 is 0 Å². The number of rotatable bonds is 5. The van der Waals surface area contributed by atoms with Crippen LogP contribution in [0.3, 0.4) is 0 Å². The second-order valence-corrected chi connectivity index (χ2v) is 9.38. The molecule has 1 N–H and O–H groups in total. The third-order valence-electron chi connectivity index (χ3n) is 5.01. The minimum atomic E-state index is -3.81. The molecule has 0 radical (unpaired) electrons. The van der Waals surface area contributed by atoms with Gasteiger partial charge < -0.3 is 0 Å². The molecule has 0 spiro atoms. The number of hydrogen-bond donors (Lipinski definition) is 1. The predicted octanol–water partition coefficient (Wildman–Crippen LogP) is 4.55. The molecule has 2 aromatic carbocycles. The molecule has 164 valence electrons. The van der Waals surface area contributed by atoms with Crippen molar-refractivity contribution in [2.75, 3.05) is 4.72 Å². The monoisotopic (exact) mass is 476 g/mol. The third kappa shape index (κ3) is 4.28. The first kappa shape index (κ1) is 21.0. The van der Waals surface area contributed by atoms with E-state index in [2.05, 4.69) is 19.8 Å². The van der Waals surface area contributed by atoms with Crippen LogP contribution in [-0.4, -0.2) is 33.2 Å². The zero-order valence-electron chi connectivity index (χ0n) is 17.3. The number of sulfonamides is 1. The molecule has 3 heterocycles. The van der Waals surface area contributed by atoms with Crippen LogP contribution in [0.25, 0.3) is 33.4 Å². The summed E-state index contributed by atoms with van der Waals surface area (Å²) in [4.78, 5) is 13.5. The lowest BCUT2D eigenvalue weighted by Crippen LogP contribution is -2.13. The van der Waals surface area contributed by atoms with E-state index >= 15 is 0 Å². The maximum absolute atomic E-state index is 12.7. The van der Waals surface area contributed by atoms with Gasteiger partial charge in [-0.2, -0.15) is 5.10 Å². The summed E-state index contributed by atoms with van der Waals surface area (Å²) in [5, 5.41) is 4.23. The first-order valence-corrected chi connectivity index (χ1v) is 11.7. The minimum Gasteiger partial charge on any atom is -0.276 e. The van der Waals surface area contributed by atoms with Gasteiger partial charge in [0.25, 0.3) is 10.0 Å². The Bertz CT molecular complexity index is 1590. The Morgan fingerprint density at radius 3 is 2.45 bits per heavy atom. The summed E-state index contributed by atoms with van der Waals surface area (Å²) >= 11 is 6.19. The number of nitrogens with zero attached hydrogens (tertiary/aromatic N) is 5. The van der Waals surface area contributed by atoms with E-state index < -0.39 is 10.0 Å². The SMILES string of the molecule is Cn1cc(-c2cnc3ccc(-c4cnc(Cl)c(NS(=O)(=O)c5ccccc5)c4)cc3n2)cn1. The second-order valence-electron chi connectivity index (χ2n) is 7.34. The van der Waals surface area contributed by atoms with Crippen LogP contribution < -0.4 is 4.72 Å². The van der Waals surface area contributed by atoms with Gasteiger partial charge in [-0.05, 0) is 35.9 Å². The van der Waals surface area contributed by atoms with Crippen molar-refractivity contribution in [3.05, 3.63) is 84.5 Å². The van der Waals surface area contributed by atoms with E-state index in [-0.39, 0.29) is 15.7 Å². The molecule has 0 saturated heterocycles. The first-order valence-electron chi connectivity index (χ1n) is 9.89. The fraction of sp³-hybridized carbons (Fsp3) is 0.0435. The van der Waals surface area contributed by atoms with Gasteiger partial charge in [-0.15, -0.1) is 0 Å². The lowest BCUT2D eigenvalue weighted by molar-refractivity contribution is 0.601. The molecule has 0 amide bonds. The van der Waals surface area contributed by atoms with Gasteiger partial charge in [-0.1, -0.05) is 35.9 Å². The highest BCUT2D eigenvalue weighted by atomic mass is 35.5. The van der Waals surface area contributed by atoms with E-state index in [1.165, 1.54) is 12.1 Å². The maximum atomic E-state index is 12.7. The zero-order chi connectivity index (χ0) is 23.0. The lowest BCUT2D eigenvalue weighted by atomic mass is 10.1. The third-order valence-corrected chi connectivity index (χ3v) is 6.70. The van der Waals surface area contributed by atoms with E-state index in [1.54, 1.807) is 47.5 Å². The number of nitrogens with one attached hydrogen (secondary N) is 1. The predicted molar refractivity (Wildman–Crippen MR) is 127 cm³/mol. The molecular formula is C23H17ClN6O2S. The molecule has 8 nitrogen and oxygen atoms in total. The average molecular weight is 477 g/mol. The number of anilines is 1. The summed E-state index contributed by atoms with van der Waals surface area (Å²) in [6, 6.07) is 15.3. The number of pyridine rings is 1. The largest absolute Gasteiger partial charge is 0.276 e. The quantitative estimate of drug-likeness (QED) is 0.373. The highest BCUT2D eigenvalue weighted by Gasteiger charge is 2.17. The van der Waals surface area contributed by atoms with E-state index in [1.807, 2.05) is 31.4 Å². The summed E-state index contributed by atoms with van der Waals surface area (Å²) in [5.41, 5.74) is 4.66. The molecule has 0 aliphatic rings. The van der Waals surface area contributed by atoms with Gasteiger partial charge in [0, 0.05) is 30.6 Å². The van der Waals surface area contributed by atoms with Crippen LogP contribution >= 0.6 is 11.6 Å². The standard InChI is InChI=1S/C23H17ClN6O2S/c1-30-14-17(12-27-30)22-13-25-19-8-7-15(9-20(19)28-22)16-10-21(23(24)26-11-16)29-33(31,32)18-5-3-2-4-6-18/h2-14,29H,1H3. The van der Waals surface area contributed by atoms with E-state index in [4.69, 9.17) is 16.6 Å². The highest BCUT2D eigenvalue weighted by Crippen LogP contribution is 2.30. The Hall–Kier alpha value is -3.82. The van der Waals surface area contributed by atoms with Crippen LogP contribution in [0.5, 0.6) is 0 Å². The van der Waals surface area contributed by atoms with Crippen molar-refractivity contribution >= 4 is 38.3 Å². The molecule has 0 aliphatic carbocycles. The van der Waals surface area contributed by atoms with Gasteiger partial charge in [-0.3, -0.25) is 14.4 Å². The Balaban J connectivity index is 1.52. The van der Waals surface area contributed by atoms with Crippen molar-refractivity contribution in [2.45, 2.75) is 4.90 Å². The Morgan fingerprint density at radius 1 is 0.879 bits per heavy atom. The molecule has 10 heteroatoms. The zero-order valence-corrected chi connectivity index (χ0v) is 18.9. The summed E-state index contributed by atoms with van der Waals surface area (Å²) in [5.74, 6) is 0. The smallest absolute Gasteiger partial charge is 0.261 e. The van der Waals surface area contributed by atoms with Crippen LogP contribution in [0.4, 0.5) is 5.69 Å². The molecule has 0 unspecified atom stereocenters. The van der Waals surface area contributed by atoms with Gasteiger partial charge in [0.15, 0.2) is 5.15 Å². The molecule has 0 atom stereocenters. The first-order chi connectivity index (χ1) is 15.9. The van der Waals surface area contributed by atoms with Crippen molar-refractivity contribution in [3.63, 3.8) is 0 Å². The number of benzene rings is 2. The number of hydrogen-bond acceptors (Lipinski definition) is 6. The Kier molecular flexibility index (Phi) is 5.27. The van der Waals surface area contributed by atoms with Crippen LogP contribution in [-0.2, 0) is 17.1 Å². The number of fused-ring (bicyclic) bond motifs is 1. The van der Waals surface area contributed by atoms with E-state index in [0.29, 0.717) is 16.8 Å². The van der Waals surface area contributed by atoms with Crippen molar-refractivity contribution in [3.8, 4) is 22.4 Å². The minimum absolute atomic E-state index is 0.0534. The fourth-order valence-corrected chi connectivity index (χ4v) is 4.65. The van der Waals surface area contributed by atoms with Crippen molar-refractivity contribution in [2.24, 2.45) is 7.05 Å². The van der Waals surface area contributed by atoms with Crippen molar-refractivity contribution in [1.29, 1.82) is 0 Å². The van der Waals surface area contributed by atoms with Crippen LogP contribution in [0.1, 0.15) is 0 Å². The topological polar surface area (TPSA) is 103 Å². The van der Waals surface area contributed by atoms with Crippen molar-refractivity contribution < 1.29 is 8.42 Å². The van der Waals surface area contributed by atoms with Gasteiger partial charge in [0.2, 0.25) is 0 Å². The van der Waals surface area contributed by atoms with Crippen LogP contribution in [0.15, 0.2) is 84.3 Å². The Morgan fingerprint density at radius 2 is 1.70 bits per heavy atom. The average Bonchev–Trinajstić information content (AvgIpc) is 3.26. The van der Waals surface area contributed by atoms with Crippen LogP contribution in [0.2, 0.25) is 5.15 Å². The van der Waals surface area contributed by atoms with E-state index in [9.17, 15) is 8.42 Å². The van der Waals surface area contributed by atoms with Gasteiger partial charge in [0.05, 0.1) is 39.7 Å². The molecular weight excluding hydrogens is 460 g/mol. The van der Waals surface area contributed by atoms with Crippen LogP contribution in [0, 0.1) is 0 Å². The van der Waals surface area contributed by atoms with Gasteiger partial charge in [-0.25, -0.2) is 18.4 Å². The second kappa shape index (κ2) is 8.27. The number of halogens is 1. The molecule has 0 saturated carbocycles. The van der Waals surface area contributed by atoms with Crippen molar-refractivity contribution in [1.82, 2.24) is 24.7 Å². The summed E-state index contributed by atoms with van der Waals surface area (Å²) in [7, 11) is -1.97. The summed E-state index contributed by atoms with van der Waals surface area (Å²) in [6.45, 7) is 0. The molecule has 33 heavy (non-hydrogen) atoms. The molecule has 5 aromatic rings. The van der Waals surface area contributed by atoms with Gasteiger partial charge in [0.1, 0.15) is 0 Å². The van der Waals surface area contributed by atoms with E-state index in [0.717, 1.165) is 16.6 Å².